The molecule has 0 saturated carbocycles. The van der Waals surface area contributed by atoms with E-state index in [9.17, 15) is 25.0 Å². The molecule has 0 heterocycles. The highest BCUT2D eigenvalue weighted by molar-refractivity contribution is 5.90. The molecule has 0 spiro atoms. The number of nitro groups is 2. The number of esters is 1. The van der Waals surface area contributed by atoms with Crippen LogP contribution in [0.5, 0.6) is 5.75 Å². The maximum absolute atomic E-state index is 11.4. The monoisotopic (exact) mass is 332 g/mol. The Labute approximate surface area is 135 Å². The van der Waals surface area contributed by atoms with Gasteiger partial charge >= 0.3 is 11.7 Å². The van der Waals surface area contributed by atoms with Gasteiger partial charge in [0.05, 0.1) is 22.5 Å². The van der Waals surface area contributed by atoms with Gasteiger partial charge in [0.15, 0.2) is 5.75 Å². The van der Waals surface area contributed by atoms with E-state index in [1.165, 1.54) is 37.4 Å². The second kappa shape index (κ2) is 7.18. The topological polar surface area (TPSA) is 122 Å². The molecule has 0 unspecified atom stereocenters. The van der Waals surface area contributed by atoms with Crippen LogP contribution in [0.25, 0.3) is 0 Å². The lowest BCUT2D eigenvalue weighted by Crippen LogP contribution is -2.04. The van der Waals surface area contributed by atoms with Gasteiger partial charge < -0.3 is 9.47 Å². The maximum atomic E-state index is 11.4. The van der Waals surface area contributed by atoms with Crippen molar-refractivity contribution in [2.24, 2.45) is 0 Å². The minimum atomic E-state index is -0.705. The van der Waals surface area contributed by atoms with Gasteiger partial charge in [-0.15, -0.1) is 0 Å². The van der Waals surface area contributed by atoms with Crippen molar-refractivity contribution >= 4 is 17.3 Å². The Bertz CT molecular complexity index is 804. The van der Waals surface area contributed by atoms with E-state index in [0.29, 0.717) is 5.56 Å². The first kappa shape index (κ1) is 16.9. The fourth-order valence-electron chi connectivity index (χ4n) is 1.95. The van der Waals surface area contributed by atoms with Gasteiger partial charge in [-0.05, 0) is 17.7 Å². The van der Waals surface area contributed by atoms with Gasteiger partial charge in [-0.1, -0.05) is 12.1 Å². The first-order valence-corrected chi connectivity index (χ1v) is 6.65. The van der Waals surface area contributed by atoms with Crippen LogP contribution in [-0.4, -0.2) is 22.9 Å². The summed E-state index contributed by atoms with van der Waals surface area (Å²) in [6, 6.07) is 9.40. The number of non-ortho nitro benzene ring substituents is 1. The zero-order valence-corrected chi connectivity index (χ0v) is 12.5. The molecular formula is C15H12N2O7. The lowest BCUT2D eigenvalue weighted by Gasteiger charge is -2.08. The van der Waals surface area contributed by atoms with E-state index in [1.54, 1.807) is 6.07 Å². The number of benzene rings is 2. The summed E-state index contributed by atoms with van der Waals surface area (Å²) in [4.78, 5) is 32.1. The predicted octanol–water partition coefficient (Wildman–Crippen LogP) is 2.87. The zero-order chi connectivity index (χ0) is 17.7. The molecule has 0 aliphatic heterocycles. The number of carbonyl (C=O) groups excluding carboxylic acids is 1. The van der Waals surface area contributed by atoms with Crippen molar-refractivity contribution in [3.63, 3.8) is 0 Å². The van der Waals surface area contributed by atoms with E-state index >= 15 is 0 Å². The lowest BCUT2D eigenvalue weighted by molar-refractivity contribution is -0.386. The van der Waals surface area contributed by atoms with Crippen LogP contribution in [0.2, 0.25) is 0 Å². The summed E-state index contributed by atoms with van der Waals surface area (Å²) in [6.07, 6.45) is 0. The van der Waals surface area contributed by atoms with Crippen molar-refractivity contribution in [1.29, 1.82) is 0 Å². The average molecular weight is 332 g/mol. The van der Waals surface area contributed by atoms with Crippen LogP contribution >= 0.6 is 0 Å². The molecule has 9 heteroatoms. The molecule has 0 amide bonds. The van der Waals surface area contributed by atoms with Crippen LogP contribution in [0.15, 0.2) is 42.5 Å². The molecule has 124 valence electrons. The molecule has 0 aliphatic rings. The fraction of sp³-hybridized carbons (Fsp3) is 0.133. The molecule has 2 aromatic carbocycles. The first-order chi connectivity index (χ1) is 11.4. The molecule has 0 bridgehead atoms. The van der Waals surface area contributed by atoms with Crippen LogP contribution in [0.1, 0.15) is 15.9 Å². The van der Waals surface area contributed by atoms with E-state index in [2.05, 4.69) is 4.74 Å². The lowest BCUT2D eigenvalue weighted by atomic mass is 10.2. The third-order valence-electron chi connectivity index (χ3n) is 3.09. The quantitative estimate of drug-likeness (QED) is 0.453. The van der Waals surface area contributed by atoms with Crippen molar-refractivity contribution in [2.45, 2.75) is 6.61 Å². The predicted molar refractivity (Wildman–Crippen MR) is 81.9 cm³/mol. The molecule has 0 saturated heterocycles. The molecule has 2 rings (SSSR count). The summed E-state index contributed by atoms with van der Waals surface area (Å²) in [5.41, 5.74) is -0.00240. The molecule has 0 fully saturated rings. The van der Waals surface area contributed by atoms with Crippen LogP contribution in [0.3, 0.4) is 0 Å². The van der Waals surface area contributed by atoms with E-state index < -0.39 is 21.5 Å². The van der Waals surface area contributed by atoms with Gasteiger partial charge in [-0.25, -0.2) is 4.79 Å². The number of ether oxygens (including phenoxy) is 2. The summed E-state index contributed by atoms with van der Waals surface area (Å²) < 4.78 is 9.88. The Morgan fingerprint density at radius 3 is 2.46 bits per heavy atom. The number of carbonyl (C=O) groups is 1. The van der Waals surface area contributed by atoms with Crippen LogP contribution in [-0.2, 0) is 11.3 Å². The summed E-state index contributed by atoms with van der Waals surface area (Å²) in [5, 5.41) is 21.9. The number of hydrogen-bond acceptors (Lipinski definition) is 7. The molecule has 9 nitrogen and oxygen atoms in total. The molecule has 0 aromatic heterocycles. The van der Waals surface area contributed by atoms with Gasteiger partial charge in [0, 0.05) is 18.2 Å². The first-order valence-electron chi connectivity index (χ1n) is 6.65. The molecule has 0 aliphatic carbocycles. The van der Waals surface area contributed by atoms with Crippen molar-refractivity contribution in [1.82, 2.24) is 0 Å². The molecule has 2 aromatic rings. The number of hydrogen-bond donors (Lipinski definition) is 0. The second-order valence-electron chi connectivity index (χ2n) is 4.65. The molecule has 24 heavy (non-hydrogen) atoms. The van der Waals surface area contributed by atoms with Gasteiger partial charge in [-0.3, -0.25) is 20.2 Å². The SMILES string of the molecule is COC(=O)c1ccc(OCc2cccc([N+](=O)[O-])c2)c([N+](=O)[O-])c1. The molecule has 0 atom stereocenters. The minimum absolute atomic E-state index is 0.0203. The number of rotatable bonds is 6. The van der Waals surface area contributed by atoms with Gasteiger partial charge in [-0.2, -0.15) is 0 Å². The Balaban J connectivity index is 2.23. The van der Waals surface area contributed by atoms with Gasteiger partial charge in [0.25, 0.3) is 5.69 Å². The van der Waals surface area contributed by atoms with Crippen molar-refractivity contribution in [2.75, 3.05) is 7.11 Å². The van der Waals surface area contributed by atoms with E-state index in [1.807, 2.05) is 0 Å². The standard InChI is InChI=1S/C15H12N2O7/c1-23-15(18)11-5-6-14(13(8-11)17(21)22)24-9-10-3-2-4-12(7-10)16(19)20/h2-8H,9H2,1H3. The van der Waals surface area contributed by atoms with Crippen LogP contribution in [0.4, 0.5) is 11.4 Å². The highest BCUT2D eigenvalue weighted by atomic mass is 16.6. The highest BCUT2D eigenvalue weighted by Gasteiger charge is 2.19. The zero-order valence-electron chi connectivity index (χ0n) is 12.5. The molecule has 0 radical (unpaired) electrons. The van der Waals surface area contributed by atoms with Gasteiger partial charge in [0.1, 0.15) is 6.61 Å². The van der Waals surface area contributed by atoms with E-state index in [4.69, 9.17) is 4.74 Å². The van der Waals surface area contributed by atoms with Crippen molar-refractivity contribution < 1.29 is 24.1 Å². The highest BCUT2D eigenvalue weighted by Crippen LogP contribution is 2.29. The van der Waals surface area contributed by atoms with Gasteiger partial charge in [0.2, 0.25) is 0 Å². The largest absolute Gasteiger partial charge is 0.482 e. The number of nitro benzene ring substituents is 2. The third-order valence-corrected chi connectivity index (χ3v) is 3.09. The molecule has 0 N–H and O–H groups in total. The smallest absolute Gasteiger partial charge is 0.338 e. The Hall–Kier alpha value is -3.49. The van der Waals surface area contributed by atoms with E-state index in [-0.39, 0.29) is 23.6 Å². The minimum Gasteiger partial charge on any atom is -0.482 e. The summed E-state index contributed by atoms with van der Waals surface area (Å²) in [6.45, 7) is -0.0971. The van der Waals surface area contributed by atoms with Crippen LogP contribution < -0.4 is 4.74 Å². The Morgan fingerprint density at radius 2 is 1.83 bits per heavy atom. The third kappa shape index (κ3) is 3.83. The Morgan fingerprint density at radius 1 is 1.08 bits per heavy atom. The maximum Gasteiger partial charge on any atom is 0.338 e. The fourth-order valence-corrected chi connectivity index (χ4v) is 1.95. The summed E-state index contributed by atoms with van der Waals surface area (Å²) in [7, 11) is 1.17. The van der Waals surface area contributed by atoms with Crippen LogP contribution in [0, 0.1) is 20.2 Å². The normalized spacial score (nSPS) is 10.0. The van der Waals surface area contributed by atoms with E-state index in [0.717, 1.165) is 6.07 Å². The second-order valence-corrected chi connectivity index (χ2v) is 4.65. The summed E-state index contributed by atoms with van der Waals surface area (Å²) >= 11 is 0. The summed E-state index contributed by atoms with van der Waals surface area (Å²) in [5.74, 6) is -0.762. The van der Waals surface area contributed by atoms with Crippen molar-refractivity contribution in [3.05, 3.63) is 73.8 Å². The Kier molecular flexibility index (Phi) is 5.05. The number of nitrogens with zero attached hydrogens (tertiary/aromatic N) is 2. The number of methoxy groups -OCH3 is 1. The van der Waals surface area contributed by atoms with Crippen molar-refractivity contribution in [3.8, 4) is 5.75 Å². The average Bonchev–Trinajstić information content (AvgIpc) is 2.59. The molecular weight excluding hydrogens is 320 g/mol.